The molecule has 0 saturated carbocycles. The van der Waals surface area contributed by atoms with E-state index in [0.29, 0.717) is 12.5 Å². The molecule has 1 heterocycles. The largest absolute Gasteiger partial charge is 0.475 e. The fraction of sp³-hybridized carbons (Fsp3) is 0.333. The second kappa shape index (κ2) is 6.23. The van der Waals surface area contributed by atoms with E-state index in [0.717, 1.165) is 5.69 Å². The lowest BCUT2D eigenvalue weighted by atomic mass is 10.3. The number of para-hydroxylation sites is 1. The van der Waals surface area contributed by atoms with Crippen LogP contribution in [0.1, 0.15) is 31.3 Å². The number of rotatable bonds is 5. The first-order valence-electron chi connectivity index (χ1n) is 6.61. The Balaban J connectivity index is 2.40. The maximum atomic E-state index is 11.8. The van der Waals surface area contributed by atoms with Crippen LogP contribution in [0.3, 0.4) is 0 Å². The number of carbonyl (C=O) groups excluding carboxylic acids is 1. The van der Waals surface area contributed by atoms with Crippen molar-refractivity contribution in [3.63, 3.8) is 0 Å². The van der Waals surface area contributed by atoms with E-state index in [1.807, 2.05) is 44.2 Å². The Bertz CT molecular complexity index is 576. The van der Waals surface area contributed by atoms with Crippen LogP contribution in [0, 0.1) is 0 Å². The van der Waals surface area contributed by atoms with Crippen LogP contribution < -0.4 is 4.74 Å². The average Bonchev–Trinajstić information content (AvgIpc) is 2.83. The summed E-state index contributed by atoms with van der Waals surface area (Å²) in [5.41, 5.74) is 1.07. The van der Waals surface area contributed by atoms with Gasteiger partial charge in [-0.1, -0.05) is 18.2 Å². The molecule has 0 fully saturated rings. The number of esters is 1. The van der Waals surface area contributed by atoms with Crippen molar-refractivity contribution in [2.75, 3.05) is 6.61 Å². The number of ether oxygens (including phenoxy) is 2. The summed E-state index contributed by atoms with van der Waals surface area (Å²) in [4.78, 5) is 11.8. The molecule has 2 aromatic rings. The van der Waals surface area contributed by atoms with Gasteiger partial charge in [-0.05, 0) is 32.9 Å². The van der Waals surface area contributed by atoms with Crippen molar-refractivity contribution < 1.29 is 14.3 Å². The molecule has 0 amide bonds. The van der Waals surface area contributed by atoms with Gasteiger partial charge in [0.15, 0.2) is 5.69 Å². The Kier molecular flexibility index (Phi) is 4.40. The Morgan fingerprint density at radius 3 is 2.60 bits per heavy atom. The molecule has 0 saturated heterocycles. The summed E-state index contributed by atoms with van der Waals surface area (Å²) >= 11 is 0. The summed E-state index contributed by atoms with van der Waals surface area (Å²) in [7, 11) is 0. The zero-order valence-electron chi connectivity index (χ0n) is 11.9. The molecule has 0 bridgehead atoms. The van der Waals surface area contributed by atoms with Gasteiger partial charge in [0.1, 0.15) is 0 Å². The van der Waals surface area contributed by atoms with Crippen molar-refractivity contribution in [2.45, 2.75) is 26.9 Å². The Hall–Kier alpha value is -2.30. The van der Waals surface area contributed by atoms with Gasteiger partial charge >= 0.3 is 5.97 Å². The molecule has 0 aliphatic heterocycles. The predicted molar refractivity (Wildman–Crippen MR) is 75.3 cm³/mol. The highest BCUT2D eigenvalue weighted by Gasteiger charge is 2.17. The van der Waals surface area contributed by atoms with Gasteiger partial charge in [-0.25, -0.2) is 9.48 Å². The molecule has 2 rings (SSSR count). The first-order chi connectivity index (χ1) is 9.61. The zero-order valence-corrected chi connectivity index (χ0v) is 11.9. The van der Waals surface area contributed by atoms with Crippen molar-refractivity contribution in [2.24, 2.45) is 0 Å². The van der Waals surface area contributed by atoms with E-state index in [2.05, 4.69) is 5.10 Å². The van der Waals surface area contributed by atoms with Crippen molar-refractivity contribution in [1.29, 1.82) is 0 Å². The van der Waals surface area contributed by atoms with Gasteiger partial charge in [0, 0.05) is 6.07 Å². The number of aromatic nitrogens is 2. The maximum absolute atomic E-state index is 11.8. The fourth-order valence-corrected chi connectivity index (χ4v) is 1.75. The smallest absolute Gasteiger partial charge is 0.358 e. The highest BCUT2D eigenvalue weighted by Crippen LogP contribution is 2.21. The molecule has 0 radical (unpaired) electrons. The lowest BCUT2D eigenvalue weighted by Crippen LogP contribution is -2.10. The molecular formula is C15H18N2O3. The van der Waals surface area contributed by atoms with Gasteiger partial charge in [0.25, 0.3) is 0 Å². The molecule has 0 spiro atoms. The lowest BCUT2D eigenvalue weighted by molar-refractivity contribution is 0.0519. The highest BCUT2D eigenvalue weighted by atomic mass is 16.5. The third-order valence-electron chi connectivity index (χ3n) is 2.52. The van der Waals surface area contributed by atoms with E-state index in [1.165, 1.54) is 0 Å². The third-order valence-corrected chi connectivity index (χ3v) is 2.52. The lowest BCUT2D eigenvalue weighted by Gasteiger charge is -2.11. The Morgan fingerprint density at radius 2 is 2.00 bits per heavy atom. The van der Waals surface area contributed by atoms with E-state index in [1.54, 1.807) is 17.7 Å². The van der Waals surface area contributed by atoms with Gasteiger partial charge in [0.2, 0.25) is 5.88 Å². The molecule has 1 aromatic heterocycles. The minimum absolute atomic E-state index is 0.00999. The molecule has 1 aromatic carbocycles. The molecular weight excluding hydrogens is 256 g/mol. The maximum Gasteiger partial charge on any atom is 0.358 e. The van der Waals surface area contributed by atoms with Crippen LogP contribution in [-0.2, 0) is 4.74 Å². The molecule has 106 valence electrons. The summed E-state index contributed by atoms with van der Waals surface area (Å²) in [6, 6.07) is 11.1. The monoisotopic (exact) mass is 274 g/mol. The van der Waals surface area contributed by atoms with Crippen molar-refractivity contribution in [1.82, 2.24) is 9.78 Å². The van der Waals surface area contributed by atoms with E-state index in [-0.39, 0.29) is 11.8 Å². The SMILES string of the molecule is CCOC(=O)c1cc(OC(C)C)n(-c2ccccc2)n1. The summed E-state index contributed by atoms with van der Waals surface area (Å²) in [5, 5.41) is 4.27. The second-order valence-electron chi connectivity index (χ2n) is 4.50. The standard InChI is InChI=1S/C15H18N2O3/c1-4-19-15(18)13-10-14(20-11(2)3)17(16-13)12-8-6-5-7-9-12/h5-11H,4H2,1-3H3. The minimum atomic E-state index is -0.448. The molecule has 0 aliphatic rings. The number of nitrogens with zero attached hydrogens (tertiary/aromatic N) is 2. The number of hydrogen-bond acceptors (Lipinski definition) is 4. The van der Waals surface area contributed by atoms with E-state index >= 15 is 0 Å². The summed E-state index contributed by atoms with van der Waals surface area (Å²) in [5.74, 6) is 0.0741. The molecule has 0 atom stereocenters. The molecule has 5 nitrogen and oxygen atoms in total. The van der Waals surface area contributed by atoms with Crippen LogP contribution in [0.2, 0.25) is 0 Å². The van der Waals surface area contributed by atoms with E-state index in [4.69, 9.17) is 9.47 Å². The number of benzene rings is 1. The number of carbonyl (C=O) groups is 1. The Morgan fingerprint density at radius 1 is 1.30 bits per heavy atom. The van der Waals surface area contributed by atoms with Crippen molar-refractivity contribution in [3.8, 4) is 11.6 Å². The van der Waals surface area contributed by atoms with Gasteiger partial charge in [-0.15, -0.1) is 0 Å². The zero-order chi connectivity index (χ0) is 14.5. The normalized spacial score (nSPS) is 10.6. The van der Waals surface area contributed by atoms with Crippen LogP contribution in [-0.4, -0.2) is 28.5 Å². The number of hydrogen-bond donors (Lipinski definition) is 0. The first kappa shape index (κ1) is 14.1. The van der Waals surface area contributed by atoms with Crippen LogP contribution in [0.25, 0.3) is 5.69 Å². The topological polar surface area (TPSA) is 53.4 Å². The van der Waals surface area contributed by atoms with E-state index in [9.17, 15) is 4.79 Å². The quantitative estimate of drug-likeness (QED) is 0.787. The van der Waals surface area contributed by atoms with Gasteiger partial charge in [-0.2, -0.15) is 5.10 Å². The van der Waals surface area contributed by atoms with E-state index < -0.39 is 5.97 Å². The highest BCUT2D eigenvalue weighted by molar-refractivity contribution is 5.87. The summed E-state index contributed by atoms with van der Waals surface area (Å²) < 4.78 is 12.3. The van der Waals surface area contributed by atoms with Crippen LogP contribution in [0.15, 0.2) is 36.4 Å². The van der Waals surface area contributed by atoms with Crippen LogP contribution in [0.5, 0.6) is 5.88 Å². The molecule has 20 heavy (non-hydrogen) atoms. The van der Waals surface area contributed by atoms with Crippen molar-refractivity contribution >= 4 is 5.97 Å². The molecule has 5 heteroatoms. The van der Waals surface area contributed by atoms with Gasteiger partial charge in [0.05, 0.1) is 18.4 Å². The van der Waals surface area contributed by atoms with Gasteiger partial charge in [-0.3, -0.25) is 0 Å². The Labute approximate surface area is 118 Å². The molecule has 0 aliphatic carbocycles. The van der Waals surface area contributed by atoms with Crippen LogP contribution in [0.4, 0.5) is 0 Å². The minimum Gasteiger partial charge on any atom is -0.475 e. The molecule has 0 N–H and O–H groups in total. The fourth-order valence-electron chi connectivity index (χ4n) is 1.75. The van der Waals surface area contributed by atoms with Gasteiger partial charge < -0.3 is 9.47 Å². The first-order valence-corrected chi connectivity index (χ1v) is 6.61. The predicted octanol–water partition coefficient (Wildman–Crippen LogP) is 2.84. The summed E-state index contributed by atoms with van der Waals surface area (Å²) in [6.45, 7) is 5.92. The summed E-state index contributed by atoms with van der Waals surface area (Å²) in [6.07, 6.45) is -0.00999. The third kappa shape index (κ3) is 3.17. The van der Waals surface area contributed by atoms with Crippen molar-refractivity contribution in [3.05, 3.63) is 42.1 Å². The molecule has 0 unspecified atom stereocenters. The second-order valence-corrected chi connectivity index (χ2v) is 4.50. The van der Waals surface area contributed by atoms with Crippen LogP contribution >= 0.6 is 0 Å². The average molecular weight is 274 g/mol.